The summed E-state index contributed by atoms with van der Waals surface area (Å²) < 4.78 is 15.3. The molecule has 100 valence electrons. The van der Waals surface area contributed by atoms with Crippen LogP contribution in [0.2, 0.25) is 0 Å². The van der Waals surface area contributed by atoms with Crippen molar-refractivity contribution in [3.8, 4) is 0 Å². The summed E-state index contributed by atoms with van der Waals surface area (Å²) in [5.74, 6) is -0.831. The third-order valence-corrected chi connectivity index (χ3v) is 2.99. The van der Waals surface area contributed by atoms with Crippen molar-refractivity contribution >= 4 is 5.78 Å². The SMILES string of the molecule is CCc1cc(CC(=O)c2ccncc2F)n(CC)n1. The summed E-state index contributed by atoms with van der Waals surface area (Å²) in [6, 6.07) is 3.31. The van der Waals surface area contributed by atoms with Crippen LogP contribution in [0.25, 0.3) is 0 Å². The molecule has 0 amide bonds. The number of carbonyl (C=O) groups excluding carboxylic acids is 1. The van der Waals surface area contributed by atoms with Crippen LogP contribution in [0.5, 0.6) is 0 Å². The zero-order valence-electron chi connectivity index (χ0n) is 11.1. The molecule has 5 heteroatoms. The lowest BCUT2D eigenvalue weighted by molar-refractivity contribution is 0.0986. The first-order valence-electron chi connectivity index (χ1n) is 6.34. The standard InChI is InChI=1S/C14H16FN3O/c1-3-10-7-11(18(4-2)17-10)8-14(19)12-5-6-16-9-13(12)15/h5-7,9H,3-4,8H2,1-2H3. The fraction of sp³-hybridized carbons (Fsp3) is 0.357. The Balaban J connectivity index is 2.24. The second kappa shape index (κ2) is 5.73. The molecule has 0 saturated carbocycles. The Hall–Kier alpha value is -2.04. The number of ketones is 1. The molecule has 0 fully saturated rings. The van der Waals surface area contributed by atoms with Crippen LogP contribution >= 0.6 is 0 Å². The monoisotopic (exact) mass is 261 g/mol. The quantitative estimate of drug-likeness (QED) is 0.777. The van der Waals surface area contributed by atoms with E-state index in [2.05, 4.69) is 10.1 Å². The van der Waals surface area contributed by atoms with Crippen LogP contribution in [-0.4, -0.2) is 20.5 Å². The van der Waals surface area contributed by atoms with Gasteiger partial charge in [-0.25, -0.2) is 4.39 Å². The predicted molar refractivity (Wildman–Crippen MR) is 69.5 cm³/mol. The smallest absolute Gasteiger partial charge is 0.171 e. The van der Waals surface area contributed by atoms with Crippen molar-refractivity contribution in [1.29, 1.82) is 0 Å². The summed E-state index contributed by atoms with van der Waals surface area (Å²) in [6.45, 7) is 4.67. The molecule has 4 nitrogen and oxygen atoms in total. The van der Waals surface area contributed by atoms with Gasteiger partial charge in [-0.05, 0) is 25.5 Å². The Morgan fingerprint density at radius 1 is 1.42 bits per heavy atom. The van der Waals surface area contributed by atoms with Gasteiger partial charge in [0, 0.05) is 18.4 Å². The van der Waals surface area contributed by atoms with Crippen molar-refractivity contribution in [3.63, 3.8) is 0 Å². The average molecular weight is 261 g/mol. The van der Waals surface area contributed by atoms with Crippen molar-refractivity contribution in [2.24, 2.45) is 0 Å². The van der Waals surface area contributed by atoms with E-state index < -0.39 is 5.82 Å². The van der Waals surface area contributed by atoms with Crippen LogP contribution < -0.4 is 0 Å². The van der Waals surface area contributed by atoms with Gasteiger partial charge in [0.25, 0.3) is 0 Å². The Bertz CT molecular complexity index is 592. The van der Waals surface area contributed by atoms with E-state index in [1.807, 2.05) is 19.9 Å². The maximum Gasteiger partial charge on any atom is 0.171 e. The molecule has 2 aromatic rings. The van der Waals surface area contributed by atoms with Crippen molar-refractivity contribution in [2.75, 3.05) is 0 Å². The van der Waals surface area contributed by atoms with Gasteiger partial charge in [-0.2, -0.15) is 5.10 Å². The number of halogens is 1. The first kappa shape index (κ1) is 13.4. The van der Waals surface area contributed by atoms with Gasteiger partial charge < -0.3 is 0 Å². The fourth-order valence-corrected chi connectivity index (χ4v) is 1.96. The molecule has 0 bridgehead atoms. The van der Waals surface area contributed by atoms with Crippen molar-refractivity contribution in [2.45, 2.75) is 33.2 Å². The first-order chi connectivity index (χ1) is 9.15. The normalized spacial score (nSPS) is 10.7. The molecule has 2 heterocycles. The zero-order valence-corrected chi connectivity index (χ0v) is 11.1. The number of hydrogen-bond donors (Lipinski definition) is 0. The summed E-state index contributed by atoms with van der Waals surface area (Å²) in [4.78, 5) is 15.7. The lowest BCUT2D eigenvalue weighted by Gasteiger charge is -2.04. The fourth-order valence-electron chi connectivity index (χ4n) is 1.96. The highest BCUT2D eigenvalue weighted by Gasteiger charge is 2.15. The molecule has 0 unspecified atom stereocenters. The second-order valence-electron chi connectivity index (χ2n) is 4.25. The minimum absolute atomic E-state index is 0.0805. The van der Waals surface area contributed by atoms with Crippen LogP contribution in [0.1, 0.15) is 35.6 Å². The van der Waals surface area contributed by atoms with E-state index >= 15 is 0 Å². The highest BCUT2D eigenvalue weighted by atomic mass is 19.1. The van der Waals surface area contributed by atoms with E-state index in [4.69, 9.17) is 0 Å². The van der Waals surface area contributed by atoms with Gasteiger partial charge >= 0.3 is 0 Å². The Morgan fingerprint density at radius 3 is 2.84 bits per heavy atom. The first-order valence-corrected chi connectivity index (χ1v) is 6.34. The van der Waals surface area contributed by atoms with Crippen LogP contribution in [0.15, 0.2) is 24.5 Å². The molecular formula is C14H16FN3O. The zero-order chi connectivity index (χ0) is 13.8. The van der Waals surface area contributed by atoms with E-state index in [0.717, 1.165) is 24.0 Å². The number of aryl methyl sites for hydroxylation is 2. The maximum absolute atomic E-state index is 13.5. The number of Topliss-reactive ketones (excluding diaryl/α,β-unsaturated/α-hetero) is 1. The number of hydrogen-bond acceptors (Lipinski definition) is 3. The number of rotatable bonds is 5. The summed E-state index contributed by atoms with van der Waals surface area (Å²) in [5, 5.41) is 4.37. The largest absolute Gasteiger partial charge is 0.294 e. The van der Waals surface area contributed by atoms with Gasteiger partial charge in [-0.3, -0.25) is 14.5 Å². The van der Waals surface area contributed by atoms with Gasteiger partial charge in [-0.15, -0.1) is 0 Å². The Kier molecular flexibility index (Phi) is 4.04. The molecule has 19 heavy (non-hydrogen) atoms. The van der Waals surface area contributed by atoms with Crippen molar-refractivity contribution in [3.05, 3.63) is 47.3 Å². The highest BCUT2D eigenvalue weighted by molar-refractivity contribution is 5.97. The van der Waals surface area contributed by atoms with E-state index in [1.54, 1.807) is 4.68 Å². The van der Waals surface area contributed by atoms with Crippen LogP contribution in [-0.2, 0) is 19.4 Å². The molecule has 0 aromatic carbocycles. The number of carbonyl (C=O) groups is 1. The molecule has 2 aromatic heterocycles. The summed E-state index contributed by atoms with van der Waals surface area (Å²) in [6.07, 6.45) is 3.45. The van der Waals surface area contributed by atoms with Crippen molar-refractivity contribution < 1.29 is 9.18 Å². The third kappa shape index (κ3) is 2.86. The molecule has 0 aliphatic carbocycles. The molecule has 0 atom stereocenters. The van der Waals surface area contributed by atoms with Gasteiger partial charge in [-0.1, -0.05) is 6.92 Å². The van der Waals surface area contributed by atoms with E-state index in [1.165, 1.54) is 12.3 Å². The minimum Gasteiger partial charge on any atom is -0.294 e. The summed E-state index contributed by atoms with van der Waals surface area (Å²) >= 11 is 0. The average Bonchev–Trinajstić information content (AvgIpc) is 2.81. The van der Waals surface area contributed by atoms with Crippen LogP contribution in [0, 0.1) is 5.82 Å². The van der Waals surface area contributed by atoms with Gasteiger partial charge in [0.2, 0.25) is 0 Å². The van der Waals surface area contributed by atoms with Crippen LogP contribution in [0.4, 0.5) is 4.39 Å². The Morgan fingerprint density at radius 2 is 2.21 bits per heavy atom. The lowest BCUT2D eigenvalue weighted by atomic mass is 10.1. The lowest BCUT2D eigenvalue weighted by Crippen LogP contribution is -2.11. The second-order valence-corrected chi connectivity index (χ2v) is 4.25. The predicted octanol–water partition coefficient (Wildman–Crippen LogP) is 2.42. The third-order valence-electron chi connectivity index (χ3n) is 2.99. The molecular weight excluding hydrogens is 245 g/mol. The summed E-state index contributed by atoms with van der Waals surface area (Å²) in [5.41, 5.74) is 1.84. The topological polar surface area (TPSA) is 47.8 Å². The Labute approximate surface area is 111 Å². The molecule has 0 spiro atoms. The molecule has 2 rings (SSSR count). The maximum atomic E-state index is 13.5. The van der Waals surface area contributed by atoms with Gasteiger partial charge in [0.05, 0.1) is 23.9 Å². The number of nitrogens with zero attached hydrogens (tertiary/aromatic N) is 3. The van der Waals surface area contributed by atoms with Gasteiger partial charge in [0.1, 0.15) is 0 Å². The van der Waals surface area contributed by atoms with E-state index in [9.17, 15) is 9.18 Å². The number of aromatic nitrogens is 3. The number of pyridine rings is 1. The van der Waals surface area contributed by atoms with Crippen molar-refractivity contribution in [1.82, 2.24) is 14.8 Å². The van der Waals surface area contributed by atoms with E-state index in [0.29, 0.717) is 6.54 Å². The summed E-state index contributed by atoms with van der Waals surface area (Å²) in [7, 11) is 0. The molecule has 0 saturated heterocycles. The molecule has 0 aliphatic heterocycles. The van der Waals surface area contributed by atoms with E-state index in [-0.39, 0.29) is 17.8 Å². The highest BCUT2D eigenvalue weighted by Crippen LogP contribution is 2.12. The van der Waals surface area contributed by atoms with Crippen LogP contribution in [0.3, 0.4) is 0 Å². The minimum atomic E-state index is -0.578. The van der Waals surface area contributed by atoms with Gasteiger partial charge in [0.15, 0.2) is 11.6 Å². The molecule has 0 radical (unpaired) electrons. The molecule has 0 aliphatic rings. The molecule has 0 N–H and O–H groups in total.